The van der Waals surface area contributed by atoms with Gasteiger partial charge in [-0.2, -0.15) is 0 Å². The fourth-order valence-corrected chi connectivity index (χ4v) is 5.89. The van der Waals surface area contributed by atoms with Gasteiger partial charge in [0.05, 0.1) is 0 Å². The summed E-state index contributed by atoms with van der Waals surface area (Å²) in [6.45, 7) is 2.81. The summed E-state index contributed by atoms with van der Waals surface area (Å²) in [4.78, 5) is 0. The lowest BCUT2D eigenvalue weighted by atomic mass is 9.68. The average molecular weight is 409 g/mol. The molecule has 2 aliphatic carbocycles. The Bertz CT molecular complexity index is 767. The largest absolute Gasteiger partial charge is 0.489 e. The minimum atomic E-state index is -0.203. The van der Waals surface area contributed by atoms with Crippen LogP contribution in [0.3, 0.4) is 0 Å². The molecular formula is C28H37FO. The summed E-state index contributed by atoms with van der Waals surface area (Å²) in [5.74, 6) is 4.36. The Morgan fingerprint density at radius 1 is 0.833 bits per heavy atom. The lowest BCUT2D eigenvalue weighted by molar-refractivity contribution is 0.156. The van der Waals surface area contributed by atoms with Crippen molar-refractivity contribution in [1.82, 2.24) is 0 Å². The van der Waals surface area contributed by atoms with Gasteiger partial charge < -0.3 is 4.74 Å². The second kappa shape index (κ2) is 10.5. The zero-order valence-electron chi connectivity index (χ0n) is 18.5. The van der Waals surface area contributed by atoms with Crippen LogP contribution in [0.4, 0.5) is 4.39 Å². The molecule has 2 aliphatic rings. The third-order valence-corrected chi connectivity index (χ3v) is 7.68. The Kier molecular flexibility index (Phi) is 7.47. The van der Waals surface area contributed by atoms with E-state index in [9.17, 15) is 4.39 Å². The third kappa shape index (κ3) is 5.65. The van der Waals surface area contributed by atoms with Crippen molar-refractivity contribution in [1.29, 1.82) is 0 Å². The van der Waals surface area contributed by atoms with Crippen LogP contribution in [-0.4, -0.2) is 0 Å². The summed E-state index contributed by atoms with van der Waals surface area (Å²) >= 11 is 0. The van der Waals surface area contributed by atoms with Crippen LogP contribution in [0, 0.1) is 23.6 Å². The molecule has 0 radical (unpaired) electrons. The number of hydrogen-bond acceptors (Lipinski definition) is 1. The van der Waals surface area contributed by atoms with Gasteiger partial charge in [0, 0.05) is 0 Å². The van der Waals surface area contributed by atoms with Gasteiger partial charge in [0.1, 0.15) is 18.2 Å². The maximum absolute atomic E-state index is 13.1. The fraction of sp³-hybridized carbons (Fsp3) is 0.571. The molecule has 2 fully saturated rings. The van der Waals surface area contributed by atoms with Gasteiger partial charge in [-0.25, -0.2) is 4.39 Å². The summed E-state index contributed by atoms with van der Waals surface area (Å²) in [6, 6.07) is 15.2. The van der Waals surface area contributed by atoms with Gasteiger partial charge >= 0.3 is 0 Å². The number of hydrogen-bond donors (Lipinski definition) is 0. The Morgan fingerprint density at radius 2 is 1.50 bits per heavy atom. The topological polar surface area (TPSA) is 9.23 Å². The van der Waals surface area contributed by atoms with Crippen molar-refractivity contribution in [3.05, 3.63) is 65.5 Å². The molecule has 0 saturated heterocycles. The molecule has 0 bridgehead atoms. The zero-order chi connectivity index (χ0) is 20.8. The standard InChI is InChI=1S/C28H37FO/c1-2-4-21-7-11-23(12-8-21)24-13-15-25(16-14-24)26-5-3-6-28(19-26)30-20-22-9-17-27(29)18-10-22/h3,5-6,9-10,17-19,21,23-25H,2,4,7-8,11-16,20H2,1H3. The van der Waals surface area contributed by atoms with Gasteiger partial charge in [-0.3, -0.25) is 0 Å². The zero-order valence-corrected chi connectivity index (χ0v) is 18.5. The molecule has 162 valence electrons. The highest BCUT2D eigenvalue weighted by Gasteiger charge is 2.31. The van der Waals surface area contributed by atoms with Crippen LogP contribution >= 0.6 is 0 Å². The van der Waals surface area contributed by atoms with E-state index in [1.54, 1.807) is 12.1 Å². The van der Waals surface area contributed by atoms with Crippen LogP contribution in [0.15, 0.2) is 48.5 Å². The van der Waals surface area contributed by atoms with E-state index >= 15 is 0 Å². The van der Waals surface area contributed by atoms with Crippen molar-refractivity contribution in [3.63, 3.8) is 0 Å². The second-order valence-electron chi connectivity index (χ2n) is 9.67. The number of benzene rings is 2. The highest BCUT2D eigenvalue weighted by Crippen LogP contribution is 2.44. The minimum absolute atomic E-state index is 0.203. The Balaban J connectivity index is 1.26. The summed E-state index contributed by atoms with van der Waals surface area (Å²) in [6.07, 6.45) is 14.1. The van der Waals surface area contributed by atoms with Gasteiger partial charge in [-0.1, -0.05) is 56.9 Å². The van der Waals surface area contributed by atoms with Crippen molar-refractivity contribution in [2.24, 2.45) is 17.8 Å². The first kappa shape index (κ1) is 21.4. The van der Waals surface area contributed by atoms with Crippen LogP contribution in [0.1, 0.15) is 88.2 Å². The van der Waals surface area contributed by atoms with Crippen molar-refractivity contribution in [2.45, 2.75) is 83.7 Å². The van der Waals surface area contributed by atoms with Crippen molar-refractivity contribution in [3.8, 4) is 5.75 Å². The molecule has 0 atom stereocenters. The van der Waals surface area contributed by atoms with E-state index in [4.69, 9.17) is 4.74 Å². The quantitative estimate of drug-likeness (QED) is 0.448. The number of ether oxygens (including phenoxy) is 1. The minimum Gasteiger partial charge on any atom is -0.489 e. The van der Waals surface area contributed by atoms with Crippen LogP contribution < -0.4 is 4.74 Å². The van der Waals surface area contributed by atoms with Gasteiger partial charge in [0.25, 0.3) is 0 Å². The predicted octanol–water partition coefficient (Wildman–Crippen LogP) is 8.29. The maximum Gasteiger partial charge on any atom is 0.123 e. The summed E-state index contributed by atoms with van der Waals surface area (Å²) < 4.78 is 19.0. The lowest BCUT2D eigenvalue weighted by Gasteiger charge is -2.38. The van der Waals surface area contributed by atoms with E-state index in [0.717, 1.165) is 29.1 Å². The van der Waals surface area contributed by atoms with E-state index in [-0.39, 0.29) is 5.82 Å². The smallest absolute Gasteiger partial charge is 0.123 e. The predicted molar refractivity (Wildman–Crippen MR) is 122 cm³/mol. The SMILES string of the molecule is CCCC1CCC(C2CCC(c3cccc(OCc4ccc(F)cc4)c3)CC2)CC1. The van der Waals surface area contributed by atoms with Crippen molar-refractivity contribution in [2.75, 3.05) is 0 Å². The molecule has 0 unspecified atom stereocenters. The number of rotatable bonds is 7. The van der Waals surface area contributed by atoms with Crippen LogP contribution in [-0.2, 0) is 6.61 Å². The van der Waals surface area contributed by atoms with Gasteiger partial charge in [-0.05, 0) is 97.6 Å². The Morgan fingerprint density at radius 3 is 2.17 bits per heavy atom. The summed E-state index contributed by atoms with van der Waals surface area (Å²) in [5, 5.41) is 0. The molecule has 4 rings (SSSR count). The fourth-order valence-electron chi connectivity index (χ4n) is 5.89. The highest BCUT2D eigenvalue weighted by atomic mass is 19.1. The summed E-state index contributed by atoms with van der Waals surface area (Å²) in [7, 11) is 0. The molecule has 30 heavy (non-hydrogen) atoms. The summed E-state index contributed by atoms with van der Waals surface area (Å²) in [5.41, 5.74) is 2.42. The molecule has 0 spiro atoms. The van der Waals surface area contributed by atoms with Crippen LogP contribution in [0.25, 0.3) is 0 Å². The van der Waals surface area contributed by atoms with E-state index in [1.807, 2.05) is 6.07 Å². The molecule has 2 heteroatoms. The molecule has 2 aromatic carbocycles. The molecule has 0 amide bonds. The first-order chi connectivity index (χ1) is 14.7. The molecule has 0 aliphatic heterocycles. The third-order valence-electron chi connectivity index (χ3n) is 7.68. The molecule has 0 aromatic heterocycles. The lowest BCUT2D eigenvalue weighted by Crippen LogP contribution is -2.25. The Hall–Kier alpha value is -1.83. The molecule has 0 N–H and O–H groups in total. The van der Waals surface area contributed by atoms with Crippen molar-refractivity contribution >= 4 is 0 Å². The van der Waals surface area contributed by atoms with E-state index < -0.39 is 0 Å². The Labute approximate surface area is 182 Å². The first-order valence-electron chi connectivity index (χ1n) is 12.2. The maximum atomic E-state index is 13.1. The molecular weight excluding hydrogens is 371 g/mol. The molecule has 1 nitrogen and oxygen atoms in total. The highest BCUT2D eigenvalue weighted by molar-refractivity contribution is 5.31. The number of halogens is 1. The van der Waals surface area contributed by atoms with E-state index in [2.05, 4.69) is 25.1 Å². The van der Waals surface area contributed by atoms with Crippen LogP contribution in [0.2, 0.25) is 0 Å². The molecule has 0 heterocycles. The monoisotopic (exact) mass is 408 g/mol. The van der Waals surface area contributed by atoms with Gasteiger partial charge in [0.15, 0.2) is 0 Å². The normalized spacial score (nSPS) is 27.0. The van der Waals surface area contributed by atoms with Crippen molar-refractivity contribution < 1.29 is 9.13 Å². The second-order valence-corrected chi connectivity index (χ2v) is 9.67. The first-order valence-corrected chi connectivity index (χ1v) is 12.2. The van der Waals surface area contributed by atoms with E-state index in [0.29, 0.717) is 12.5 Å². The molecule has 2 aromatic rings. The average Bonchev–Trinajstić information content (AvgIpc) is 2.80. The van der Waals surface area contributed by atoms with Gasteiger partial charge in [0.2, 0.25) is 0 Å². The van der Waals surface area contributed by atoms with E-state index in [1.165, 1.54) is 81.9 Å². The molecule has 2 saturated carbocycles. The van der Waals surface area contributed by atoms with Crippen LogP contribution in [0.5, 0.6) is 5.75 Å². The van der Waals surface area contributed by atoms with Gasteiger partial charge in [-0.15, -0.1) is 0 Å².